The fourth-order valence-corrected chi connectivity index (χ4v) is 2.12. The van der Waals surface area contributed by atoms with Gasteiger partial charge in [-0.1, -0.05) is 18.5 Å². The van der Waals surface area contributed by atoms with Crippen molar-refractivity contribution in [2.24, 2.45) is 5.73 Å². The Morgan fingerprint density at radius 2 is 2.40 bits per heavy atom. The van der Waals surface area contributed by atoms with Crippen molar-refractivity contribution in [2.75, 3.05) is 0 Å². The molecule has 3 heteroatoms. The van der Waals surface area contributed by atoms with Crippen LogP contribution < -0.4 is 5.73 Å². The van der Waals surface area contributed by atoms with E-state index >= 15 is 0 Å². The largest absolute Gasteiger partial charge is 0.326 e. The maximum Gasteiger partial charge on any atom is 0.0548 e. The zero-order valence-corrected chi connectivity index (χ0v) is 7.43. The van der Waals surface area contributed by atoms with Crippen LogP contribution in [0.3, 0.4) is 0 Å². The molecule has 0 aromatic carbocycles. The van der Waals surface area contributed by atoms with E-state index in [2.05, 4.69) is 6.92 Å². The Bertz CT molecular complexity index is 219. The molecule has 0 unspecified atom stereocenters. The first-order valence-corrected chi connectivity index (χ1v) is 4.44. The lowest BCUT2D eigenvalue weighted by atomic mass is 10.3. The third-order valence-electron chi connectivity index (χ3n) is 1.33. The van der Waals surface area contributed by atoms with Gasteiger partial charge in [0.25, 0.3) is 0 Å². The highest BCUT2D eigenvalue weighted by Crippen LogP contribution is 2.26. The monoisotopic (exact) mass is 175 g/mol. The summed E-state index contributed by atoms with van der Waals surface area (Å²) in [5.74, 6) is 0. The second kappa shape index (κ2) is 3.37. The Kier molecular flexibility index (Phi) is 2.72. The Morgan fingerprint density at radius 3 is 2.70 bits per heavy atom. The summed E-state index contributed by atoms with van der Waals surface area (Å²) in [6.45, 7) is 2.70. The lowest BCUT2D eigenvalue weighted by molar-refractivity contribution is 1.11. The van der Waals surface area contributed by atoms with Crippen molar-refractivity contribution in [1.82, 2.24) is 0 Å². The summed E-state index contributed by atoms with van der Waals surface area (Å²) < 4.78 is 0. The minimum Gasteiger partial charge on any atom is -0.326 e. The summed E-state index contributed by atoms with van der Waals surface area (Å²) in [4.78, 5) is 2.41. The number of halogens is 1. The van der Waals surface area contributed by atoms with Crippen molar-refractivity contribution in [2.45, 2.75) is 19.9 Å². The van der Waals surface area contributed by atoms with Gasteiger partial charge in [0, 0.05) is 16.3 Å². The Morgan fingerprint density at radius 1 is 1.70 bits per heavy atom. The number of hydrogen-bond donors (Lipinski definition) is 1. The van der Waals surface area contributed by atoms with Crippen LogP contribution in [0.15, 0.2) is 6.07 Å². The maximum absolute atomic E-state index is 5.88. The summed E-state index contributed by atoms with van der Waals surface area (Å²) in [5, 5.41) is 0.868. The fourth-order valence-electron chi connectivity index (χ4n) is 0.800. The maximum atomic E-state index is 5.88. The molecule has 10 heavy (non-hydrogen) atoms. The molecule has 1 aromatic heterocycles. The number of rotatable bonds is 2. The smallest absolute Gasteiger partial charge is 0.0548 e. The molecule has 0 aliphatic carbocycles. The number of hydrogen-bond acceptors (Lipinski definition) is 2. The lowest BCUT2D eigenvalue weighted by Crippen LogP contribution is -1.91. The quantitative estimate of drug-likeness (QED) is 0.734. The molecule has 0 bridgehead atoms. The molecule has 0 fully saturated rings. The van der Waals surface area contributed by atoms with E-state index in [1.54, 1.807) is 11.3 Å². The molecular weight excluding hydrogens is 166 g/mol. The number of aryl methyl sites for hydroxylation is 1. The van der Waals surface area contributed by atoms with E-state index in [4.69, 9.17) is 17.3 Å². The molecule has 0 amide bonds. The first-order valence-electron chi connectivity index (χ1n) is 3.25. The van der Waals surface area contributed by atoms with Crippen LogP contribution in [-0.2, 0) is 13.0 Å². The van der Waals surface area contributed by atoms with Gasteiger partial charge in [-0.25, -0.2) is 0 Å². The molecule has 56 valence electrons. The van der Waals surface area contributed by atoms with Gasteiger partial charge in [0.15, 0.2) is 0 Å². The highest BCUT2D eigenvalue weighted by molar-refractivity contribution is 7.12. The van der Waals surface area contributed by atoms with Crippen molar-refractivity contribution < 1.29 is 0 Å². The van der Waals surface area contributed by atoms with Crippen molar-refractivity contribution in [1.29, 1.82) is 0 Å². The van der Waals surface area contributed by atoms with Gasteiger partial charge < -0.3 is 5.73 Å². The van der Waals surface area contributed by atoms with E-state index < -0.39 is 0 Å². The van der Waals surface area contributed by atoms with Gasteiger partial charge in [-0.2, -0.15) is 0 Å². The second-order valence-electron chi connectivity index (χ2n) is 2.04. The van der Waals surface area contributed by atoms with Gasteiger partial charge >= 0.3 is 0 Å². The van der Waals surface area contributed by atoms with Crippen LogP contribution >= 0.6 is 22.9 Å². The van der Waals surface area contributed by atoms with E-state index in [1.807, 2.05) is 6.07 Å². The van der Waals surface area contributed by atoms with Crippen LogP contribution in [0, 0.1) is 0 Å². The Labute approximate surface area is 69.8 Å². The van der Waals surface area contributed by atoms with Crippen molar-refractivity contribution in [3.63, 3.8) is 0 Å². The van der Waals surface area contributed by atoms with Crippen molar-refractivity contribution >= 4 is 22.9 Å². The van der Waals surface area contributed by atoms with Crippen LogP contribution in [0.4, 0.5) is 0 Å². The topological polar surface area (TPSA) is 26.0 Å². The number of nitrogens with two attached hydrogens (primary N) is 1. The highest BCUT2D eigenvalue weighted by atomic mass is 35.5. The van der Waals surface area contributed by atoms with Gasteiger partial charge in [-0.05, 0) is 12.5 Å². The van der Waals surface area contributed by atoms with Gasteiger partial charge in [0.1, 0.15) is 0 Å². The average Bonchev–Trinajstić information content (AvgIpc) is 2.30. The summed E-state index contributed by atoms with van der Waals surface area (Å²) >= 11 is 7.58. The normalized spacial score (nSPS) is 10.3. The first-order chi connectivity index (χ1) is 4.77. The molecule has 0 spiro atoms. The minimum atomic E-state index is 0.602. The molecule has 1 nitrogen and oxygen atoms in total. The third-order valence-corrected chi connectivity index (χ3v) is 3.08. The van der Waals surface area contributed by atoms with Crippen LogP contribution in [0.1, 0.15) is 16.7 Å². The van der Waals surface area contributed by atoms with Crippen LogP contribution in [-0.4, -0.2) is 0 Å². The zero-order valence-electron chi connectivity index (χ0n) is 5.86. The average molecular weight is 176 g/mol. The summed E-state index contributed by atoms with van der Waals surface area (Å²) in [7, 11) is 0. The van der Waals surface area contributed by atoms with Gasteiger partial charge in [0.05, 0.1) is 5.02 Å². The molecule has 0 atom stereocenters. The minimum absolute atomic E-state index is 0.602. The van der Waals surface area contributed by atoms with Crippen molar-refractivity contribution in [3.8, 4) is 0 Å². The predicted molar refractivity (Wildman–Crippen MR) is 46.6 cm³/mol. The van der Waals surface area contributed by atoms with Crippen LogP contribution in [0.5, 0.6) is 0 Å². The number of thiophene rings is 1. The molecule has 0 aliphatic rings. The molecule has 0 aliphatic heterocycles. The third kappa shape index (κ3) is 1.51. The lowest BCUT2D eigenvalue weighted by Gasteiger charge is -1.86. The molecule has 1 aromatic rings. The van der Waals surface area contributed by atoms with E-state index in [9.17, 15) is 0 Å². The van der Waals surface area contributed by atoms with E-state index in [0.717, 1.165) is 11.4 Å². The van der Waals surface area contributed by atoms with E-state index in [0.29, 0.717) is 6.54 Å². The molecule has 0 saturated carbocycles. The summed E-state index contributed by atoms with van der Waals surface area (Å²) in [6, 6.07) is 1.95. The highest BCUT2D eigenvalue weighted by Gasteiger charge is 2.02. The predicted octanol–water partition coefficient (Wildman–Crippen LogP) is 2.42. The Hall–Kier alpha value is -0.0500. The molecule has 1 heterocycles. The second-order valence-corrected chi connectivity index (χ2v) is 3.67. The molecule has 0 saturated heterocycles. The first kappa shape index (κ1) is 8.05. The SMILES string of the molecule is CCc1sc(CN)cc1Cl. The zero-order chi connectivity index (χ0) is 7.56. The summed E-state index contributed by atoms with van der Waals surface area (Å²) in [6.07, 6.45) is 1.00. The molecule has 2 N–H and O–H groups in total. The van der Waals surface area contributed by atoms with E-state index in [-0.39, 0.29) is 0 Å². The standard InChI is InChI=1S/C7H10ClNS/c1-2-7-6(8)3-5(4-9)10-7/h3H,2,4,9H2,1H3. The van der Waals surface area contributed by atoms with Gasteiger partial charge in [0.2, 0.25) is 0 Å². The van der Waals surface area contributed by atoms with E-state index in [1.165, 1.54) is 9.75 Å². The van der Waals surface area contributed by atoms with Gasteiger partial charge in [-0.15, -0.1) is 11.3 Å². The fraction of sp³-hybridized carbons (Fsp3) is 0.429. The van der Waals surface area contributed by atoms with Crippen LogP contribution in [0.2, 0.25) is 5.02 Å². The molecule has 1 rings (SSSR count). The molecular formula is C7H10ClNS. The van der Waals surface area contributed by atoms with Crippen molar-refractivity contribution in [3.05, 3.63) is 20.8 Å². The molecule has 0 radical (unpaired) electrons. The van der Waals surface area contributed by atoms with Gasteiger partial charge in [-0.3, -0.25) is 0 Å². The van der Waals surface area contributed by atoms with Crippen LogP contribution in [0.25, 0.3) is 0 Å². The Balaban J connectivity index is 2.92. The summed E-state index contributed by atoms with van der Waals surface area (Å²) in [5.41, 5.74) is 5.44.